The smallest absolute Gasteiger partial charge is 0.362 e. The van der Waals surface area contributed by atoms with Crippen LogP contribution in [0.25, 0.3) is 0 Å². The van der Waals surface area contributed by atoms with Crippen LogP contribution in [0.2, 0.25) is 0 Å². The van der Waals surface area contributed by atoms with Crippen LogP contribution >= 0.6 is 0 Å². The molecule has 2 aromatic rings. The lowest BCUT2D eigenvalue weighted by Crippen LogP contribution is -2.37. The lowest BCUT2D eigenvalue weighted by atomic mass is 10.0. The van der Waals surface area contributed by atoms with Crippen molar-refractivity contribution >= 4 is 17.3 Å². The third-order valence-corrected chi connectivity index (χ3v) is 4.61. The maximum atomic E-state index is 13.8. The molecule has 10 heteroatoms. The van der Waals surface area contributed by atoms with Crippen molar-refractivity contribution in [2.45, 2.75) is 19.3 Å². The number of allylic oxidation sites excluding steroid dienone is 2. The number of fused-ring (bicyclic) bond motifs is 1. The Morgan fingerprint density at radius 3 is 2.73 bits per heavy atom. The van der Waals surface area contributed by atoms with Crippen LogP contribution in [0.5, 0.6) is 0 Å². The molecule has 0 fully saturated rings. The zero-order valence-electron chi connectivity index (χ0n) is 15.5. The van der Waals surface area contributed by atoms with E-state index in [1.165, 1.54) is 41.5 Å². The number of hydrogen-bond acceptors (Lipinski definition) is 5. The summed E-state index contributed by atoms with van der Waals surface area (Å²) in [7, 11) is 0. The summed E-state index contributed by atoms with van der Waals surface area (Å²) in [6, 6.07) is 6.37. The van der Waals surface area contributed by atoms with Crippen LogP contribution in [0.3, 0.4) is 0 Å². The van der Waals surface area contributed by atoms with Gasteiger partial charge in [-0.05, 0) is 31.2 Å². The Hall–Kier alpha value is -3.69. The van der Waals surface area contributed by atoms with Crippen molar-refractivity contribution < 1.29 is 22.4 Å². The molecule has 30 heavy (non-hydrogen) atoms. The fraction of sp³-hybridized carbons (Fsp3) is 0.150. The fourth-order valence-electron chi connectivity index (χ4n) is 3.27. The Labute approximate surface area is 168 Å². The van der Waals surface area contributed by atoms with Gasteiger partial charge in [-0.3, -0.25) is 9.78 Å². The average Bonchev–Trinajstić information content (AvgIpc) is 3.04. The zero-order chi connectivity index (χ0) is 21.5. The first kappa shape index (κ1) is 19.6. The number of rotatable bonds is 3. The molecule has 1 amide bonds. The van der Waals surface area contributed by atoms with Crippen LogP contribution in [0.15, 0.2) is 71.4 Å². The number of halogens is 4. The fourth-order valence-corrected chi connectivity index (χ4v) is 3.27. The van der Waals surface area contributed by atoms with Gasteiger partial charge in [0.1, 0.15) is 11.9 Å². The van der Waals surface area contributed by atoms with E-state index in [9.17, 15) is 22.4 Å². The highest BCUT2D eigenvalue weighted by atomic mass is 19.4. The third-order valence-electron chi connectivity index (χ3n) is 4.61. The second-order valence-corrected chi connectivity index (χ2v) is 6.60. The molecule has 2 N–H and O–H groups in total. The van der Waals surface area contributed by atoms with Gasteiger partial charge < -0.3 is 10.6 Å². The average molecular weight is 417 g/mol. The molecule has 0 saturated heterocycles. The molecule has 154 valence electrons. The van der Waals surface area contributed by atoms with E-state index in [0.717, 1.165) is 12.3 Å². The summed E-state index contributed by atoms with van der Waals surface area (Å²) in [5.41, 5.74) is -0.434. The molecule has 1 atom stereocenters. The van der Waals surface area contributed by atoms with Gasteiger partial charge in [-0.25, -0.2) is 9.40 Å². The molecule has 0 spiro atoms. The van der Waals surface area contributed by atoms with Gasteiger partial charge >= 0.3 is 6.18 Å². The van der Waals surface area contributed by atoms with Crippen LogP contribution in [-0.4, -0.2) is 27.8 Å². The predicted molar refractivity (Wildman–Crippen MR) is 101 cm³/mol. The minimum absolute atomic E-state index is 0.0519. The number of carbonyl (C=O) groups excluding carboxylic acids is 1. The number of benzene rings is 1. The molecular formula is C20H15F4N5O. The lowest BCUT2D eigenvalue weighted by molar-refractivity contribution is -0.137. The Morgan fingerprint density at radius 1 is 1.23 bits per heavy atom. The number of anilines is 1. The van der Waals surface area contributed by atoms with Gasteiger partial charge in [0.25, 0.3) is 5.91 Å². The van der Waals surface area contributed by atoms with Crippen LogP contribution in [0.4, 0.5) is 23.2 Å². The highest BCUT2D eigenvalue weighted by molar-refractivity contribution is 6.11. The number of nitrogens with one attached hydrogen (secondary N) is 2. The molecule has 0 saturated carbocycles. The topological polar surface area (TPSA) is 69.6 Å². The molecule has 0 bridgehead atoms. The van der Waals surface area contributed by atoms with Crippen LogP contribution in [0.1, 0.15) is 18.1 Å². The lowest BCUT2D eigenvalue weighted by Gasteiger charge is -2.26. The van der Waals surface area contributed by atoms with Crippen molar-refractivity contribution in [3.8, 4) is 0 Å². The second-order valence-electron chi connectivity index (χ2n) is 6.60. The highest BCUT2D eigenvalue weighted by Gasteiger charge is 2.37. The summed E-state index contributed by atoms with van der Waals surface area (Å²) in [4.78, 5) is 16.4. The monoisotopic (exact) mass is 417 g/mol. The van der Waals surface area contributed by atoms with Gasteiger partial charge in [0, 0.05) is 17.5 Å². The van der Waals surface area contributed by atoms with E-state index in [1.807, 2.05) is 0 Å². The van der Waals surface area contributed by atoms with E-state index in [-0.39, 0.29) is 22.7 Å². The Morgan fingerprint density at radius 2 is 2.00 bits per heavy atom. The van der Waals surface area contributed by atoms with Gasteiger partial charge in [-0.15, -0.1) is 0 Å². The van der Waals surface area contributed by atoms with Gasteiger partial charge in [0.05, 0.1) is 23.2 Å². The second kappa shape index (κ2) is 7.29. The molecule has 1 aromatic heterocycles. The highest BCUT2D eigenvalue weighted by Crippen LogP contribution is 2.34. The Bertz CT molecular complexity index is 1110. The van der Waals surface area contributed by atoms with Crippen molar-refractivity contribution in [2.24, 2.45) is 5.10 Å². The van der Waals surface area contributed by atoms with Crippen molar-refractivity contribution in [1.29, 1.82) is 0 Å². The molecule has 2 aliphatic heterocycles. The van der Waals surface area contributed by atoms with Crippen molar-refractivity contribution in [1.82, 2.24) is 15.3 Å². The van der Waals surface area contributed by atoms with Gasteiger partial charge in [0.15, 0.2) is 5.82 Å². The van der Waals surface area contributed by atoms with Crippen molar-refractivity contribution in [2.75, 3.05) is 5.32 Å². The molecule has 0 radical (unpaired) electrons. The summed E-state index contributed by atoms with van der Waals surface area (Å²) in [6.45, 7) is 1.63. The van der Waals surface area contributed by atoms with Crippen molar-refractivity contribution in [3.63, 3.8) is 0 Å². The van der Waals surface area contributed by atoms with E-state index in [2.05, 4.69) is 20.7 Å². The first-order valence-corrected chi connectivity index (χ1v) is 8.86. The predicted octanol–water partition coefficient (Wildman–Crippen LogP) is 3.61. The molecule has 6 nitrogen and oxygen atoms in total. The number of carbonyl (C=O) groups is 1. The van der Waals surface area contributed by atoms with Crippen LogP contribution in [-0.2, 0) is 11.0 Å². The minimum Gasteiger partial charge on any atom is -0.362 e. The summed E-state index contributed by atoms with van der Waals surface area (Å²) in [6.07, 6.45) is 0.249. The normalized spacial score (nSPS) is 18.1. The van der Waals surface area contributed by atoms with E-state index in [1.54, 1.807) is 13.0 Å². The molecular weight excluding hydrogens is 402 g/mol. The molecule has 2 aliphatic rings. The Balaban J connectivity index is 1.68. The Kier molecular flexibility index (Phi) is 4.76. The quantitative estimate of drug-likeness (QED) is 0.749. The van der Waals surface area contributed by atoms with Crippen molar-refractivity contribution in [3.05, 3.63) is 83.2 Å². The van der Waals surface area contributed by atoms with Gasteiger partial charge in [0.2, 0.25) is 0 Å². The third kappa shape index (κ3) is 3.51. The number of pyridine rings is 1. The summed E-state index contributed by atoms with van der Waals surface area (Å²) < 4.78 is 54.0. The maximum absolute atomic E-state index is 13.8. The van der Waals surface area contributed by atoms with Gasteiger partial charge in [-0.2, -0.15) is 18.3 Å². The molecule has 3 heterocycles. The summed E-state index contributed by atoms with van der Waals surface area (Å²) >= 11 is 0. The number of alkyl halides is 3. The molecule has 1 unspecified atom stereocenters. The van der Waals surface area contributed by atoms with Crippen LogP contribution < -0.4 is 10.6 Å². The van der Waals surface area contributed by atoms with Gasteiger partial charge in [-0.1, -0.05) is 18.2 Å². The minimum atomic E-state index is -4.56. The standard InChI is InChI=1S/C20H15F4N5O/c1-11-18(19(30)27-16-8-9-25-10-14(16)21)29-17(26-11)7-6-15(28-29)12-4-2-3-5-13(12)20(22,23)24/h2-10,17,26H,1H3,(H,25,27,30). The zero-order valence-corrected chi connectivity index (χ0v) is 15.5. The largest absolute Gasteiger partial charge is 0.417 e. The summed E-state index contributed by atoms with van der Waals surface area (Å²) in [5.74, 6) is -1.37. The first-order valence-electron chi connectivity index (χ1n) is 8.86. The maximum Gasteiger partial charge on any atom is 0.417 e. The first-order chi connectivity index (χ1) is 14.3. The van der Waals surface area contributed by atoms with E-state index >= 15 is 0 Å². The van der Waals surface area contributed by atoms with E-state index in [4.69, 9.17) is 0 Å². The SMILES string of the molecule is CC1=C(C(=O)Nc2ccncc2F)N2N=C(c3ccccc3C(F)(F)F)C=CC2N1. The number of hydrogen-bond donors (Lipinski definition) is 2. The van der Waals surface area contributed by atoms with E-state index in [0.29, 0.717) is 5.70 Å². The number of nitrogens with zero attached hydrogens (tertiary/aromatic N) is 3. The number of amides is 1. The molecule has 0 aliphatic carbocycles. The molecule has 4 rings (SSSR count). The van der Waals surface area contributed by atoms with E-state index < -0.39 is 29.6 Å². The summed E-state index contributed by atoms with van der Waals surface area (Å²) in [5, 5.41) is 11.0. The number of aromatic nitrogens is 1. The van der Waals surface area contributed by atoms with Crippen LogP contribution in [0, 0.1) is 5.82 Å². The molecule has 1 aromatic carbocycles. The number of hydrazone groups is 1.